The predicted molar refractivity (Wildman–Crippen MR) is 66.6 cm³/mol. The van der Waals surface area contributed by atoms with E-state index in [1.165, 1.54) is 0 Å². The standard InChI is InChI=1S/C13H18N2/c1-5-6-11(4)15-13-9-12(10(2)3)7-8-14-13/h7-9H,2,4-6H2,1,3H3,(H,14,15). The van der Waals surface area contributed by atoms with Gasteiger partial charge in [0.15, 0.2) is 0 Å². The molecular formula is C13H18N2. The zero-order valence-electron chi connectivity index (χ0n) is 9.51. The Labute approximate surface area is 91.7 Å². The van der Waals surface area contributed by atoms with Crippen LogP contribution in [-0.4, -0.2) is 4.98 Å². The Kier molecular flexibility index (Phi) is 4.10. The molecule has 0 fully saturated rings. The van der Waals surface area contributed by atoms with E-state index in [9.17, 15) is 0 Å². The highest BCUT2D eigenvalue weighted by Gasteiger charge is 1.98. The van der Waals surface area contributed by atoms with Gasteiger partial charge in [-0.25, -0.2) is 4.98 Å². The number of allylic oxidation sites excluding steroid dienone is 2. The molecule has 0 aliphatic rings. The Morgan fingerprint density at radius 3 is 2.80 bits per heavy atom. The van der Waals surface area contributed by atoms with E-state index in [0.717, 1.165) is 35.5 Å². The molecule has 80 valence electrons. The highest BCUT2D eigenvalue weighted by atomic mass is 15.0. The number of pyridine rings is 1. The largest absolute Gasteiger partial charge is 0.344 e. The highest BCUT2D eigenvalue weighted by molar-refractivity contribution is 5.64. The number of rotatable bonds is 5. The molecule has 1 N–H and O–H groups in total. The van der Waals surface area contributed by atoms with E-state index in [2.05, 4.69) is 30.4 Å². The summed E-state index contributed by atoms with van der Waals surface area (Å²) < 4.78 is 0. The lowest BCUT2D eigenvalue weighted by molar-refractivity contribution is 0.911. The van der Waals surface area contributed by atoms with Crippen LogP contribution < -0.4 is 5.32 Å². The molecule has 1 aromatic rings. The van der Waals surface area contributed by atoms with Crippen LogP contribution in [0.5, 0.6) is 0 Å². The van der Waals surface area contributed by atoms with Crippen LogP contribution in [0.1, 0.15) is 32.3 Å². The normalized spacial score (nSPS) is 9.73. The summed E-state index contributed by atoms with van der Waals surface area (Å²) in [6.07, 6.45) is 3.84. The summed E-state index contributed by atoms with van der Waals surface area (Å²) >= 11 is 0. The fourth-order valence-corrected chi connectivity index (χ4v) is 1.31. The topological polar surface area (TPSA) is 24.9 Å². The van der Waals surface area contributed by atoms with Crippen LogP contribution in [0.4, 0.5) is 5.82 Å². The van der Waals surface area contributed by atoms with Crippen LogP contribution in [0.25, 0.3) is 5.57 Å². The van der Waals surface area contributed by atoms with Crippen molar-refractivity contribution in [3.63, 3.8) is 0 Å². The Morgan fingerprint density at radius 1 is 1.47 bits per heavy atom. The molecule has 1 aromatic heterocycles. The third kappa shape index (κ3) is 3.58. The number of aromatic nitrogens is 1. The van der Waals surface area contributed by atoms with Gasteiger partial charge in [0.25, 0.3) is 0 Å². The third-order valence-electron chi connectivity index (χ3n) is 2.11. The molecule has 15 heavy (non-hydrogen) atoms. The average molecular weight is 202 g/mol. The van der Waals surface area contributed by atoms with E-state index in [-0.39, 0.29) is 0 Å². The molecule has 0 saturated heterocycles. The summed E-state index contributed by atoms with van der Waals surface area (Å²) in [7, 11) is 0. The molecule has 0 saturated carbocycles. The SMILES string of the molecule is C=C(CCC)Nc1cc(C(=C)C)ccn1. The molecule has 0 aliphatic heterocycles. The lowest BCUT2D eigenvalue weighted by Gasteiger charge is -2.08. The molecule has 0 aromatic carbocycles. The van der Waals surface area contributed by atoms with E-state index in [0.29, 0.717) is 0 Å². The summed E-state index contributed by atoms with van der Waals surface area (Å²) in [5.74, 6) is 0.842. The van der Waals surface area contributed by atoms with Gasteiger partial charge >= 0.3 is 0 Å². The first-order valence-corrected chi connectivity index (χ1v) is 5.20. The van der Waals surface area contributed by atoms with Gasteiger partial charge < -0.3 is 5.32 Å². The molecular weight excluding hydrogens is 184 g/mol. The Bertz CT molecular complexity index is 367. The minimum Gasteiger partial charge on any atom is -0.344 e. The van der Waals surface area contributed by atoms with Gasteiger partial charge in [0.1, 0.15) is 5.82 Å². The van der Waals surface area contributed by atoms with Crippen LogP contribution in [0.2, 0.25) is 0 Å². The maximum Gasteiger partial charge on any atom is 0.130 e. The van der Waals surface area contributed by atoms with Crippen LogP contribution >= 0.6 is 0 Å². The number of anilines is 1. The fourth-order valence-electron chi connectivity index (χ4n) is 1.31. The first kappa shape index (κ1) is 11.5. The van der Waals surface area contributed by atoms with Crippen molar-refractivity contribution in [1.29, 1.82) is 0 Å². The van der Waals surface area contributed by atoms with Crippen molar-refractivity contribution in [3.05, 3.63) is 42.7 Å². The van der Waals surface area contributed by atoms with E-state index in [1.54, 1.807) is 6.20 Å². The van der Waals surface area contributed by atoms with E-state index in [1.807, 2.05) is 19.1 Å². The summed E-state index contributed by atoms with van der Waals surface area (Å²) in [4.78, 5) is 4.23. The summed E-state index contributed by atoms with van der Waals surface area (Å²) in [5.41, 5.74) is 3.15. The lowest BCUT2D eigenvalue weighted by Crippen LogP contribution is -2.00. The number of nitrogens with one attached hydrogen (secondary N) is 1. The van der Waals surface area contributed by atoms with Crippen molar-refractivity contribution in [2.75, 3.05) is 5.32 Å². The Hall–Kier alpha value is -1.57. The van der Waals surface area contributed by atoms with Crippen molar-refractivity contribution < 1.29 is 0 Å². The molecule has 0 bridgehead atoms. The van der Waals surface area contributed by atoms with Gasteiger partial charge in [0, 0.05) is 11.9 Å². The predicted octanol–water partition coefficient (Wildman–Crippen LogP) is 3.84. The van der Waals surface area contributed by atoms with Gasteiger partial charge in [-0.15, -0.1) is 0 Å². The second-order valence-corrected chi connectivity index (χ2v) is 3.69. The van der Waals surface area contributed by atoms with E-state index < -0.39 is 0 Å². The maximum atomic E-state index is 4.23. The van der Waals surface area contributed by atoms with Crippen molar-refractivity contribution in [2.45, 2.75) is 26.7 Å². The van der Waals surface area contributed by atoms with Gasteiger partial charge in [-0.1, -0.05) is 32.1 Å². The summed E-state index contributed by atoms with van der Waals surface area (Å²) in [6.45, 7) is 12.0. The first-order chi connectivity index (χ1) is 7.13. The minimum absolute atomic E-state index is 0.842. The second kappa shape index (κ2) is 5.35. The Morgan fingerprint density at radius 2 is 2.20 bits per heavy atom. The van der Waals surface area contributed by atoms with Crippen molar-refractivity contribution in [2.24, 2.45) is 0 Å². The van der Waals surface area contributed by atoms with Gasteiger partial charge in [0.05, 0.1) is 0 Å². The van der Waals surface area contributed by atoms with Gasteiger partial charge in [-0.2, -0.15) is 0 Å². The molecule has 0 atom stereocenters. The average Bonchev–Trinajstić information content (AvgIpc) is 2.18. The van der Waals surface area contributed by atoms with Crippen LogP contribution in [0, 0.1) is 0 Å². The molecule has 0 unspecified atom stereocenters. The smallest absolute Gasteiger partial charge is 0.130 e. The molecule has 2 heteroatoms. The zero-order valence-corrected chi connectivity index (χ0v) is 9.51. The molecule has 0 amide bonds. The number of hydrogen-bond acceptors (Lipinski definition) is 2. The monoisotopic (exact) mass is 202 g/mol. The van der Waals surface area contributed by atoms with Crippen molar-refractivity contribution in [1.82, 2.24) is 4.98 Å². The Balaban J connectivity index is 2.73. The van der Waals surface area contributed by atoms with Crippen molar-refractivity contribution in [3.8, 4) is 0 Å². The highest BCUT2D eigenvalue weighted by Crippen LogP contribution is 2.16. The van der Waals surface area contributed by atoms with Gasteiger partial charge in [0.2, 0.25) is 0 Å². The first-order valence-electron chi connectivity index (χ1n) is 5.20. The minimum atomic E-state index is 0.842. The maximum absolute atomic E-state index is 4.23. The third-order valence-corrected chi connectivity index (χ3v) is 2.11. The summed E-state index contributed by atoms with van der Waals surface area (Å²) in [6, 6.07) is 3.94. The fraction of sp³-hybridized carbons (Fsp3) is 0.308. The van der Waals surface area contributed by atoms with Crippen LogP contribution in [0.3, 0.4) is 0 Å². The van der Waals surface area contributed by atoms with Crippen LogP contribution in [0.15, 0.2) is 37.2 Å². The quantitative estimate of drug-likeness (QED) is 0.784. The molecule has 0 radical (unpaired) electrons. The van der Waals surface area contributed by atoms with E-state index in [4.69, 9.17) is 0 Å². The molecule has 1 heterocycles. The van der Waals surface area contributed by atoms with Gasteiger partial charge in [-0.3, -0.25) is 0 Å². The zero-order chi connectivity index (χ0) is 11.3. The number of nitrogens with zero attached hydrogens (tertiary/aromatic N) is 1. The molecule has 0 aliphatic carbocycles. The lowest BCUT2D eigenvalue weighted by atomic mass is 10.1. The van der Waals surface area contributed by atoms with Gasteiger partial charge in [-0.05, 0) is 31.0 Å². The molecule has 2 nitrogen and oxygen atoms in total. The summed E-state index contributed by atoms with van der Waals surface area (Å²) in [5, 5.41) is 3.19. The second-order valence-electron chi connectivity index (χ2n) is 3.69. The van der Waals surface area contributed by atoms with Crippen LogP contribution in [-0.2, 0) is 0 Å². The molecule has 0 spiro atoms. The van der Waals surface area contributed by atoms with Crippen molar-refractivity contribution >= 4 is 11.4 Å². The number of hydrogen-bond donors (Lipinski definition) is 1. The van der Waals surface area contributed by atoms with E-state index >= 15 is 0 Å². The molecule has 1 rings (SSSR count).